The highest BCUT2D eigenvalue weighted by atomic mass is 16.5. The van der Waals surface area contributed by atoms with E-state index in [4.69, 9.17) is 4.52 Å². The van der Waals surface area contributed by atoms with Crippen molar-refractivity contribution < 1.29 is 9.32 Å². The summed E-state index contributed by atoms with van der Waals surface area (Å²) in [6, 6.07) is 10.1. The van der Waals surface area contributed by atoms with Crippen molar-refractivity contribution in [2.45, 2.75) is 32.2 Å². The molecule has 2 saturated heterocycles. The normalized spacial score (nSPS) is 21.9. The van der Waals surface area contributed by atoms with Crippen LogP contribution < -0.4 is 0 Å². The van der Waals surface area contributed by atoms with Gasteiger partial charge in [-0.15, -0.1) is 0 Å². The van der Waals surface area contributed by atoms with Crippen LogP contribution >= 0.6 is 0 Å². The molecule has 7 heteroatoms. The van der Waals surface area contributed by atoms with Crippen LogP contribution in [0.3, 0.4) is 0 Å². The molecule has 0 N–H and O–H groups in total. The molecule has 0 bridgehead atoms. The van der Waals surface area contributed by atoms with E-state index < -0.39 is 0 Å². The quantitative estimate of drug-likeness (QED) is 0.668. The van der Waals surface area contributed by atoms with E-state index in [1.807, 2.05) is 42.2 Å². The maximum absolute atomic E-state index is 13.2. The number of pyridine rings is 1. The smallest absolute Gasteiger partial charge is 0.273 e. The Morgan fingerprint density at radius 1 is 1.21 bits per heavy atom. The Morgan fingerprint density at radius 2 is 2.00 bits per heavy atom. The first-order valence-corrected chi connectivity index (χ1v) is 10.2. The number of amides is 1. The van der Waals surface area contributed by atoms with Gasteiger partial charge in [-0.2, -0.15) is 4.98 Å². The van der Waals surface area contributed by atoms with E-state index in [1.54, 1.807) is 6.20 Å². The van der Waals surface area contributed by atoms with Gasteiger partial charge in [0.2, 0.25) is 5.89 Å². The summed E-state index contributed by atoms with van der Waals surface area (Å²) in [7, 11) is 2.12. The van der Waals surface area contributed by atoms with Crippen molar-refractivity contribution >= 4 is 16.7 Å². The number of nitrogens with zero attached hydrogens (tertiary/aromatic N) is 5. The molecule has 1 amide bonds. The predicted molar refractivity (Wildman–Crippen MR) is 108 cm³/mol. The number of hydrogen-bond donors (Lipinski definition) is 0. The average Bonchev–Trinajstić information content (AvgIpc) is 3.30. The largest absolute Gasteiger partial charge is 0.338 e. The SMILES string of the molecule is Cc1noc(C2CC3(CCN(C(=O)c4nccc5ccccc45)CC3)CN2C)n1. The third kappa shape index (κ3) is 3.19. The first-order valence-electron chi connectivity index (χ1n) is 10.2. The minimum absolute atomic E-state index is 0.0343. The lowest BCUT2D eigenvalue weighted by molar-refractivity contribution is 0.0589. The Morgan fingerprint density at radius 3 is 2.76 bits per heavy atom. The third-order valence-corrected chi connectivity index (χ3v) is 6.56. The molecule has 1 unspecified atom stereocenters. The van der Waals surface area contributed by atoms with Crippen molar-refractivity contribution in [2.75, 3.05) is 26.7 Å². The Labute approximate surface area is 169 Å². The maximum atomic E-state index is 13.2. The molecule has 0 aliphatic carbocycles. The van der Waals surface area contributed by atoms with E-state index >= 15 is 0 Å². The summed E-state index contributed by atoms with van der Waals surface area (Å²) >= 11 is 0. The van der Waals surface area contributed by atoms with Crippen LogP contribution in [-0.2, 0) is 0 Å². The maximum Gasteiger partial charge on any atom is 0.273 e. The minimum Gasteiger partial charge on any atom is -0.338 e. The number of carbonyl (C=O) groups is 1. The topological polar surface area (TPSA) is 75.4 Å². The first-order chi connectivity index (χ1) is 14.0. The minimum atomic E-state index is 0.0343. The number of aryl methyl sites for hydroxylation is 1. The van der Waals surface area contributed by atoms with E-state index in [0.717, 1.165) is 49.7 Å². The Kier molecular flexibility index (Phi) is 4.35. The van der Waals surface area contributed by atoms with Gasteiger partial charge in [-0.1, -0.05) is 29.4 Å². The number of piperidine rings is 1. The molecule has 1 atom stereocenters. The van der Waals surface area contributed by atoms with Crippen LogP contribution in [0.15, 0.2) is 41.1 Å². The highest BCUT2D eigenvalue weighted by molar-refractivity contribution is 6.05. The van der Waals surface area contributed by atoms with Crippen molar-refractivity contribution in [2.24, 2.45) is 5.41 Å². The fourth-order valence-corrected chi connectivity index (χ4v) is 4.98. The highest BCUT2D eigenvalue weighted by Gasteiger charge is 2.47. The summed E-state index contributed by atoms with van der Waals surface area (Å²) in [6.07, 6.45) is 4.69. The lowest BCUT2D eigenvalue weighted by Crippen LogP contribution is -2.44. The van der Waals surface area contributed by atoms with Gasteiger partial charge in [0.25, 0.3) is 5.91 Å². The number of likely N-dealkylation sites (tertiary alicyclic amines) is 2. The lowest BCUT2D eigenvalue weighted by Gasteiger charge is -2.39. The molecule has 2 fully saturated rings. The van der Waals surface area contributed by atoms with Crippen LogP contribution in [0.4, 0.5) is 0 Å². The summed E-state index contributed by atoms with van der Waals surface area (Å²) in [6.45, 7) is 4.36. The zero-order chi connectivity index (χ0) is 20.0. The molecule has 5 rings (SSSR count). The molecule has 29 heavy (non-hydrogen) atoms. The monoisotopic (exact) mass is 391 g/mol. The van der Waals surface area contributed by atoms with Gasteiger partial charge < -0.3 is 9.42 Å². The first kappa shape index (κ1) is 18.2. The molecular weight excluding hydrogens is 366 g/mol. The zero-order valence-electron chi connectivity index (χ0n) is 16.8. The van der Waals surface area contributed by atoms with Crippen LogP contribution in [0.2, 0.25) is 0 Å². The van der Waals surface area contributed by atoms with Crippen LogP contribution in [0.25, 0.3) is 10.8 Å². The summed E-state index contributed by atoms with van der Waals surface area (Å²) in [5.74, 6) is 1.42. The van der Waals surface area contributed by atoms with Crippen molar-refractivity contribution in [1.82, 2.24) is 24.9 Å². The Balaban J connectivity index is 1.31. The molecule has 1 spiro atoms. The number of carbonyl (C=O) groups excluding carboxylic acids is 1. The van der Waals surface area contributed by atoms with Crippen LogP contribution in [0.1, 0.15) is 47.5 Å². The number of benzene rings is 1. The van der Waals surface area contributed by atoms with Gasteiger partial charge >= 0.3 is 0 Å². The van der Waals surface area contributed by atoms with Crippen molar-refractivity contribution in [3.05, 3.63) is 53.9 Å². The fourth-order valence-electron chi connectivity index (χ4n) is 4.98. The van der Waals surface area contributed by atoms with E-state index in [-0.39, 0.29) is 17.4 Å². The van der Waals surface area contributed by atoms with Gasteiger partial charge in [0.05, 0.1) is 6.04 Å². The third-order valence-electron chi connectivity index (χ3n) is 6.56. The average molecular weight is 391 g/mol. The molecule has 2 aromatic heterocycles. The van der Waals surface area contributed by atoms with E-state index in [0.29, 0.717) is 17.4 Å². The number of fused-ring (bicyclic) bond motifs is 1. The van der Waals surface area contributed by atoms with Gasteiger partial charge in [-0.25, -0.2) is 0 Å². The van der Waals surface area contributed by atoms with E-state index in [9.17, 15) is 4.79 Å². The standard InChI is InChI=1S/C22H25N5O2/c1-15-24-20(29-25-15)18-13-22(14-26(18)2)8-11-27(12-9-22)21(28)19-17-6-4-3-5-16(17)7-10-23-19/h3-7,10,18H,8-9,11-14H2,1-2H3. The zero-order valence-corrected chi connectivity index (χ0v) is 16.8. The van der Waals surface area contributed by atoms with Gasteiger partial charge in [-0.3, -0.25) is 14.7 Å². The molecule has 1 aromatic carbocycles. The van der Waals surface area contributed by atoms with E-state index in [2.05, 4.69) is 27.1 Å². The summed E-state index contributed by atoms with van der Waals surface area (Å²) in [5.41, 5.74) is 0.756. The molecule has 0 radical (unpaired) electrons. The van der Waals surface area contributed by atoms with Crippen molar-refractivity contribution in [3.8, 4) is 0 Å². The van der Waals surface area contributed by atoms with Gasteiger partial charge in [0.15, 0.2) is 5.82 Å². The summed E-state index contributed by atoms with van der Waals surface area (Å²) in [4.78, 5) is 26.3. The number of hydrogen-bond acceptors (Lipinski definition) is 6. The second-order valence-corrected chi connectivity index (χ2v) is 8.49. The lowest BCUT2D eigenvalue weighted by atomic mass is 9.76. The molecule has 150 valence electrons. The number of rotatable bonds is 2. The van der Waals surface area contributed by atoms with Gasteiger partial charge in [0, 0.05) is 31.2 Å². The highest BCUT2D eigenvalue weighted by Crippen LogP contribution is 2.48. The van der Waals surface area contributed by atoms with Crippen LogP contribution in [0, 0.1) is 12.3 Å². The Hall–Kier alpha value is -2.80. The van der Waals surface area contributed by atoms with Gasteiger partial charge in [-0.05, 0) is 50.1 Å². The van der Waals surface area contributed by atoms with Crippen molar-refractivity contribution in [1.29, 1.82) is 0 Å². The number of aromatic nitrogens is 3. The summed E-state index contributed by atoms with van der Waals surface area (Å²) in [5, 5.41) is 5.92. The van der Waals surface area contributed by atoms with Crippen LogP contribution in [0.5, 0.6) is 0 Å². The Bertz CT molecular complexity index is 1050. The predicted octanol–water partition coefficient (Wildman–Crippen LogP) is 3.23. The molecule has 2 aliphatic heterocycles. The molecular formula is C22H25N5O2. The van der Waals surface area contributed by atoms with Crippen LogP contribution in [-0.4, -0.2) is 57.5 Å². The fraction of sp³-hybridized carbons (Fsp3) is 0.455. The second-order valence-electron chi connectivity index (χ2n) is 8.49. The summed E-state index contributed by atoms with van der Waals surface area (Å²) < 4.78 is 5.44. The molecule has 7 nitrogen and oxygen atoms in total. The van der Waals surface area contributed by atoms with Gasteiger partial charge in [0.1, 0.15) is 5.69 Å². The molecule has 2 aliphatic rings. The van der Waals surface area contributed by atoms with Crippen molar-refractivity contribution in [3.63, 3.8) is 0 Å². The molecule has 0 saturated carbocycles. The second kappa shape index (κ2) is 6.91. The molecule has 4 heterocycles. The molecule has 3 aromatic rings. The van der Waals surface area contributed by atoms with E-state index in [1.165, 1.54) is 0 Å².